The van der Waals surface area contributed by atoms with Crippen LogP contribution in [-0.4, -0.2) is 63.8 Å². The van der Waals surface area contributed by atoms with Crippen LogP contribution in [0.2, 0.25) is 4.34 Å². The highest BCUT2D eigenvalue weighted by atomic mass is 35.5. The fraction of sp³-hybridized carbons (Fsp3) is 0.353. The molecule has 9 heteroatoms. The molecule has 1 saturated heterocycles. The minimum absolute atomic E-state index is 0.0788. The predicted molar refractivity (Wildman–Crippen MR) is 105 cm³/mol. The monoisotopic (exact) mass is 413 g/mol. The second-order valence-corrected chi connectivity index (χ2v) is 10.1. The quantitative estimate of drug-likeness (QED) is 0.773. The van der Waals surface area contributed by atoms with Crippen LogP contribution in [0.1, 0.15) is 10.4 Å². The normalized spacial score (nSPS) is 15.9. The Hall–Kier alpha value is -1.61. The third-order valence-electron chi connectivity index (χ3n) is 4.28. The van der Waals surface area contributed by atoms with Gasteiger partial charge in [-0.05, 0) is 30.3 Å². The van der Waals surface area contributed by atoms with Crippen LogP contribution in [-0.2, 0) is 10.0 Å². The molecule has 0 saturated carbocycles. The Labute approximate surface area is 162 Å². The minimum Gasteiger partial charge on any atom is -0.378 e. The van der Waals surface area contributed by atoms with Gasteiger partial charge in [0.05, 0.1) is 4.34 Å². The third kappa shape index (κ3) is 3.88. The predicted octanol–water partition coefficient (Wildman–Crippen LogP) is 2.61. The van der Waals surface area contributed by atoms with Crippen molar-refractivity contribution in [3.05, 3.63) is 46.3 Å². The topological polar surface area (TPSA) is 60.9 Å². The molecule has 0 radical (unpaired) electrons. The van der Waals surface area contributed by atoms with Gasteiger partial charge in [-0.2, -0.15) is 4.31 Å². The number of amides is 1. The number of rotatable bonds is 4. The summed E-state index contributed by atoms with van der Waals surface area (Å²) in [6.07, 6.45) is 0. The molecule has 1 amide bonds. The Balaban J connectivity index is 1.68. The van der Waals surface area contributed by atoms with E-state index in [0.29, 0.717) is 23.0 Å². The number of nitrogens with zero attached hydrogens (tertiary/aromatic N) is 3. The largest absolute Gasteiger partial charge is 0.378 e. The summed E-state index contributed by atoms with van der Waals surface area (Å²) in [6, 6.07) is 10.5. The van der Waals surface area contributed by atoms with Gasteiger partial charge < -0.3 is 9.80 Å². The molecule has 0 unspecified atom stereocenters. The van der Waals surface area contributed by atoms with Gasteiger partial charge in [-0.15, -0.1) is 11.3 Å². The molecule has 2 aromatic rings. The smallest absolute Gasteiger partial charge is 0.254 e. The maximum Gasteiger partial charge on any atom is 0.254 e. The Kier molecular flexibility index (Phi) is 5.57. The SMILES string of the molecule is CN(C)c1cccc(C(=O)N2CCN(S(=O)(=O)c3ccc(Cl)s3)CC2)c1. The number of hydrogen-bond acceptors (Lipinski definition) is 5. The van der Waals surface area contributed by atoms with Crippen LogP contribution < -0.4 is 4.90 Å². The zero-order valence-electron chi connectivity index (χ0n) is 14.6. The summed E-state index contributed by atoms with van der Waals surface area (Å²) in [5.41, 5.74) is 1.56. The number of carbonyl (C=O) groups excluding carboxylic acids is 1. The molecule has 0 spiro atoms. The Morgan fingerprint density at radius 2 is 1.81 bits per heavy atom. The Morgan fingerprint density at radius 3 is 2.38 bits per heavy atom. The summed E-state index contributed by atoms with van der Waals surface area (Å²) in [5.74, 6) is -0.0788. The molecule has 1 aromatic carbocycles. The second kappa shape index (κ2) is 7.56. The van der Waals surface area contributed by atoms with Gasteiger partial charge in [0, 0.05) is 51.5 Å². The third-order valence-corrected chi connectivity index (χ3v) is 7.88. The molecule has 1 fully saturated rings. The number of anilines is 1. The lowest BCUT2D eigenvalue weighted by Crippen LogP contribution is -2.50. The standard InChI is InChI=1S/C17H20ClN3O3S2/c1-19(2)14-5-3-4-13(12-14)17(22)20-8-10-21(11-9-20)26(23,24)16-7-6-15(18)25-16/h3-7,12H,8-11H2,1-2H3. The van der Waals surface area contributed by atoms with E-state index in [1.54, 1.807) is 17.0 Å². The van der Waals surface area contributed by atoms with Gasteiger partial charge in [-0.3, -0.25) is 4.79 Å². The van der Waals surface area contributed by atoms with E-state index >= 15 is 0 Å². The van der Waals surface area contributed by atoms with Gasteiger partial charge in [0.2, 0.25) is 0 Å². The highest BCUT2D eigenvalue weighted by Crippen LogP contribution is 2.28. The highest BCUT2D eigenvalue weighted by Gasteiger charge is 2.31. The zero-order valence-corrected chi connectivity index (χ0v) is 16.9. The molecule has 2 heterocycles. The molecule has 0 N–H and O–H groups in total. The molecule has 3 rings (SSSR count). The van der Waals surface area contributed by atoms with E-state index < -0.39 is 10.0 Å². The first-order valence-corrected chi connectivity index (χ1v) is 10.7. The lowest BCUT2D eigenvalue weighted by Gasteiger charge is -2.33. The van der Waals surface area contributed by atoms with E-state index in [4.69, 9.17) is 11.6 Å². The molecular weight excluding hydrogens is 394 g/mol. The average molecular weight is 414 g/mol. The molecule has 140 valence electrons. The number of sulfonamides is 1. The average Bonchev–Trinajstić information content (AvgIpc) is 3.08. The first kappa shape index (κ1) is 19.2. The van der Waals surface area contributed by atoms with Crippen molar-refractivity contribution in [1.82, 2.24) is 9.21 Å². The van der Waals surface area contributed by atoms with Gasteiger partial charge in [0.15, 0.2) is 0 Å². The maximum absolute atomic E-state index is 12.7. The van der Waals surface area contributed by atoms with Crippen LogP contribution in [0.3, 0.4) is 0 Å². The van der Waals surface area contributed by atoms with Crippen molar-refractivity contribution in [2.24, 2.45) is 0 Å². The number of hydrogen-bond donors (Lipinski definition) is 0. The first-order chi connectivity index (χ1) is 12.3. The van der Waals surface area contributed by atoms with Crippen molar-refractivity contribution in [3.8, 4) is 0 Å². The summed E-state index contributed by atoms with van der Waals surface area (Å²) < 4.78 is 27.4. The zero-order chi connectivity index (χ0) is 18.9. The maximum atomic E-state index is 12.7. The molecule has 6 nitrogen and oxygen atoms in total. The fourth-order valence-electron chi connectivity index (χ4n) is 2.79. The molecule has 0 bridgehead atoms. The number of benzene rings is 1. The van der Waals surface area contributed by atoms with Gasteiger partial charge >= 0.3 is 0 Å². The Bertz CT molecular complexity index is 903. The lowest BCUT2D eigenvalue weighted by atomic mass is 10.1. The van der Waals surface area contributed by atoms with E-state index in [-0.39, 0.29) is 23.2 Å². The van der Waals surface area contributed by atoms with Crippen molar-refractivity contribution < 1.29 is 13.2 Å². The summed E-state index contributed by atoms with van der Waals surface area (Å²) >= 11 is 6.90. The highest BCUT2D eigenvalue weighted by molar-refractivity contribution is 7.91. The van der Waals surface area contributed by atoms with Crippen LogP contribution in [0.25, 0.3) is 0 Å². The van der Waals surface area contributed by atoms with Crippen LogP contribution in [0.4, 0.5) is 5.69 Å². The number of carbonyl (C=O) groups is 1. The first-order valence-electron chi connectivity index (χ1n) is 8.11. The number of piperazine rings is 1. The molecule has 1 aromatic heterocycles. The minimum atomic E-state index is -3.55. The number of halogens is 1. The van der Waals surface area contributed by atoms with Gasteiger partial charge in [-0.1, -0.05) is 17.7 Å². The van der Waals surface area contributed by atoms with E-state index in [9.17, 15) is 13.2 Å². The van der Waals surface area contributed by atoms with E-state index in [1.165, 1.54) is 10.4 Å². The second-order valence-electron chi connectivity index (χ2n) is 6.20. The van der Waals surface area contributed by atoms with Crippen molar-refractivity contribution >= 4 is 44.6 Å². The molecule has 1 aliphatic heterocycles. The molecule has 0 aliphatic carbocycles. The Morgan fingerprint density at radius 1 is 1.12 bits per heavy atom. The van der Waals surface area contributed by atoms with Gasteiger partial charge in [0.1, 0.15) is 4.21 Å². The fourth-order valence-corrected chi connectivity index (χ4v) is 5.85. The van der Waals surface area contributed by atoms with Crippen LogP contribution >= 0.6 is 22.9 Å². The van der Waals surface area contributed by atoms with Crippen molar-refractivity contribution in [3.63, 3.8) is 0 Å². The number of thiophene rings is 1. The molecule has 26 heavy (non-hydrogen) atoms. The van der Waals surface area contributed by atoms with Gasteiger partial charge in [0.25, 0.3) is 15.9 Å². The van der Waals surface area contributed by atoms with Crippen molar-refractivity contribution in [2.75, 3.05) is 45.2 Å². The van der Waals surface area contributed by atoms with E-state index in [2.05, 4.69) is 0 Å². The summed E-state index contributed by atoms with van der Waals surface area (Å²) in [6.45, 7) is 1.28. The molecular formula is C17H20ClN3O3S2. The van der Waals surface area contributed by atoms with Gasteiger partial charge in [-0.25, -0.2) is 8.42 Å². The van der Waals surface area contributed by atoms with Crippen LogP contribution in [0, 0.1) is 0 Å². The van der Waals surface area contributed by atoms with Crippen molar-refractivity contribution in [2.45, 2.75) is 4.21 Å². The summed E-state index contributed by atoms with van der Waals surface area (Å²) in [7, 11) is 0.291. The molecule has 0 atom stereocenters. The van der Waals surface area contributed by atoms with Crippen LogP contribution in [0.5, 0.6) is 0 Å². The lowest BCUT2D eigenvalue weighted by molar-refractivity contribution is 0.0698. The molecule has 1 aliphatic rings. The summed E-state index contributed by atoms with van der Waals surface area (Å²) in [4.78, 5) is 16.4. The van der Waals surface area contributed by atoms with E-state index in [1.807, 2.05) is 37.2 Å². The van der Waals surface area contributed by atoms with E-state index in [0.717, 1.165) is 17.0 Å². The summed E-state index contributed by atoms with van der Waals surface area (Å²) in [5, 5.41) is 0. The van der Waals surface area contributed by atoms with Crippen molar-refractivity contribution in [1.29, 1.82) is 0 Å². The van der Waals surface area contributed by atoms with Crippen LogP contribution in [0.15, 0.2) is 40.6 Å².